The molecular formula is C28H18O5. The highest BCUT2D eigenvalue weighted by Gasteiger charge is 2.32. The molecule has 0 aliphatic heterocycles. The molecule has 0 saturated heterocycles. The van der Waals surface area contributed by atoms with Gasteiger partial charge in [-0.15, -0.1) is 0 Å². The van der Waals surface area contributed by atoms with Gasteiger partial charge in [0.05, 0.1) is 11.1 Å². The van der Waals surface area contributed by atoms with Crippen molar-refractivity contribution in [1.82, 2.24) is 0 Å². The molecule has 4 aromatic carbocycles. The maximum absolute atomic E-state index is 13.6. The van der Waals surface area contributed by atoms with Gasteiger partial charge in [-0.1, -0.05) is 60.7 Å². The molecule has 0 fully saturated rings. The van der Waals surface area contributed by atoms with Gasteiger partial charge in [0.25, 0.3) is 0 Å². The first-order chi connectivity index (χ1) is 16.1. The van der Waals surface area contributed by atoms with Gasteiger partial charge in [-0.05, 0) is 53.9 Å². The summed E-state index contributed by atoms with van der Waals surface area (Å²) in [5.74, 6) is -0.877. The van der Waals surface area contributed by atoms with Crippen LogP contribution in [0.15, 0.2) is 97.1 Å². The first-order valence-electron chi connectivity index (χ1n) is 10.4. The van der Waals surface area contributed by atoms with Gasteiger partial charge in [0.2, 0.25) is 0 Å². The van der Waals surface area contributed by atoms with Crippen molar-refractivity contribution in [1.29, 1.82) is 0 Å². The number of fused-ring (bicyclic) bond motifs is 2. The lowest BCUT2D eigenvalue weighted by atomic mass is 9.80. The Morgan fingerprint density at radius 3 is 1.39 bits per heavy atom. The minimum absolute atomic E-state index is 0.165. The largest absolute Gasteiger partial charge is 0.423 e. The highest BCUT2D eigenvalue weighted by molar-refractivity contribution is 6.21. The summed E-state index contributed by atoms with van der Waals surface area (Å²) >= 11 is 0. The third kappa shape index (κ3) is 3.92. The van der Waals surface area contributed by atoms with Gasteiger partial charge in [-0.3, -0.25) is 4.79 Å². The molecule has 1 aliphatic carbocycles. The zero-order chi connectivity index (χ0) is 22.8. The summed E-state index contributed by atoms with van der Waals surface area (Å²) in [6.07, 6.45) is 0.412. The average Bonchev–Trinajstić information content (AvgIpc) is 2.84. The number of ether oxygens (including phenoxy) is 2. The van der Waals surface area contributed by atoms with E-state index in [-0.39, 0.29) is 22.3 Å². The SMILES string of the molecule is O=C(Oc1ccccc1)c1cccc2c1C(=O)c1c(cccc1C(=O)Oc1ccccc1)C2. The Bertz CT molecular complexity index is 1270. The molecule has 0 saturated carbocycles. The van der Waals surface area contributed by atoms with Crippen LogP contribution in [0.3, 0.4) is 0 Å². The van der Waals surface area contributed by atoms with E-state index in [2.05, 4.69) is 0 Å². The monoisotopic (exact) mass is 434 g/mol. The molecule has 0 aromatic heterocycles. The van der Waals surface area contributed by atoms with Crippen molar-refractivity contribution in [3.63, 3.8) is 0 Å². The molecule has 33 heavy (non-hydrogen) atoms. The first kappa shape index (κ1) is 20.4. The molecule has 5 rings (SSSR count). The zero-order valence-corrected chi connectivity index (χ0v) is 17.5. The second-order valence-electron chi connectivity index (χ2n) is 7.59. The van der Waals surface area contributed by atoms with Crippen molar-refractivity contribution >= 4 is 17.7 Å². The van der Waals surface area contributed by atoms with E-state index in [4.69, 9.17) is 9.47 Å². The summed E-state index contributed by atoms with van der Waals surface area (Å²) in [6, 6.07) is 27.6. The normalized spacial score (nSPS) is 11.8. The van der Waals surface area contributed by atoms with Gasteiger partial charge in [-0.2, -0.15) is 0 Å². The number of carbonyl (C=O) groups is 3. The highest BCUT2D eigenvalue weighted by atomic mass is 16.5. The molecule has 0 radical (unpaired) electrons. The van der Waals surface area contributed by atoms with Crippen LogP contribution in [0.25, 0.3) is 0 Å². The standard InChI is InChI=1S/C28H18O5/c29-26-24-18(9-7-15-22(24)27(30)32-20-11-3-1-4-12-20)17-19-10-8-16-23(25(19)26)28(31)33-21-13-5-2-6-14-21/h1-16H,17H2. The van der Waals surface area contributed by atoms with Crippen molar-refractivity contribution in [3.05, 3.63) is 130 Å². The van der Waals surface area contributed by atoms with E-state index in [0.717, 1.165) is 0 Å². The van der Waals surface area contributed by atoms with Gasteiger partial charge in [0.1, 0.15) is 11.5 Å². The van der Waals surface area contributed by atoms with Crippen LogP contribution in [0.2, 0.25) is 0 Å². The van der Waals surface area contributed by atoms with Crippen LogP contribution < -0.4 is 9.47 Å². The van der Waals surface area contributed by atoms with Crippen molar-refractivity contribution in [2.75, 3.05) is 0 Å². The molecule has 0 atom stereocenters. The Morgan fingerprint density at radius 2 is 0.970 bits per heavy atom. The summed E-state index contributed by atoms with van der Waals surface area (Å²) in [7, 11) is 0. The van der Waals surface area contributed by atoms with Crippen LogP contribution >= 0.6 is 0 Å². The fraction of sp³-hybridized carbons (Fsp3) is 0.0357. The highest BCUT2D eigenvalue weighted by Crippen LogP contribution is 2.32. The fourth-order valence-electron chi connectivity index (χ4n) is 4.00. The molecule has 4 aromatic rings. The molecule has 0 amide bonds. The van der Waals surface area contributed by atoms with E-state index in [0.29, 0.717) is 29.0 Å². The Kier molecular flexibility index (Phi) is 5.29. The van der Waals surface area contributed by atoms with E-state index >= 15 is 0 Å². The van der Waals surface area contributed by atoms with Gasteiger partial charge in [0.15, 0.2) is 5.78 Å². The minimum Gasteiger partial charge on any atom is -0.423 e. The first-order valence-corrected chi connectivity index (χ1v) is 10.4. The smallest absolute Gasteiger partial charge is 0.344 e. The molecule has 160 valence electrons. The third-order valence-electron chi connectivity index (χ3n) is 5.48. The second kappa shape index (κ2) is 8.55. The van der Waals surface area contributed by atoms with Crippen LogP contribution in [-0.4, -0.2) is 17.7 Å². The number of hydrogen-bond acceptors (Lipinski definition) is 5. The molecule has 1 aliphatic rings. The van der Waals surface area contributed by atoms with Crippen LogP contribution in [0.1, 0.15) is 47.8 Å². The van der Waals surface area contributed by atoms with Crippen molar-refractivity contribution in [2.24, 2.45) is 0 Å². The minimum atomic E-state index is -0.626. The Labute approximate surface area is 190 Å². The number of hydrogen-bond donors (Lipinski definition) is 0. The Balaban J connectivity index is 1.52. The Hall–Kier alpha value is -4.51. The van der Waals surface area contributed by atoms with Crippen LogP contribution in [0.5, 0.6) is 11.5 Å². The van der Waals surface area contributed by atoms with E-state index in [1.807, 2.05) is 24.3 Å². The fourth-order valence-corrected chi connectivity index (χ4v) is 4.00. The molecule has 0 spiro atoms. The molecule has 0 N–H and O–H groups in total. The van der Waals surface area contributed by atoms with Crippen molar-refractivity contribution in [2.45, 2.75) is 6.42 Å². The maximum atomic E-state index is 13.6. The lowest BCUT2D eigenvalue weighted by Gasteiger charge is -2.22. The number of rotatable bonds is 4. The maximum Gasteiger partial charge on any atom is 0.344 e. The van der Waals surface area contributed by atoms with Crippen molar-refractivity contribution < 1.29 is 23.9 Å². The van der Waals surface area contributed by atoms with E-state index in [1.54, 1.807) is 72.8 Å². The molecule has 5 nitrogen and oxygen atoms in total. The zero-order valence-electron chi connectivity index (χ0n) is 17.5. The molecule has 0 unspecified atom stereocenters. The number of benzene rings is 4. The summed E-state index contributed by atoms with van der Waals surface area (Å²) in [6.45, 7) is 0. The van der Waals surface area contributed by atoms with Crippen LogP contribution in [0.4, 0.5) is 0 Å². The summed E-state index contributed by atoms with van der Waals surface area (Å²) in [5.41, 5.74) is 2.26. The number of para-hydroxylation sites is 2. The molecule has 0 heterocycles. The summed E-state index contributed by atoms with van der Waals surface area (Å²) in [4.78, 5) is 39.5. The van der Waals surface area contributed by atoms with Gasteiger partial charge >= 0.3 is 11.9 Å². The molecule has 0 bridgehead atoms. The topological polar surface area (TPSA) is 69.7 Å². The average molecular weight is 434 g/mol. The van der Waals surface area contributed by atoms with Crippen LogP contribution in [-0.2, 0) is 6.42 Å². The lowest BCUT2D eigenvalue weighted by Crippen LogP contribution is -2.24. The van der Waals surface area contributed by atoms with Gasteiger partial charge in [-0.25, -0.2) is 9.59 Å². The summed E-state index contributed by atoms with van der Waals surface area (Å²) in [5, 5.41) is 0. The van der Waals surface area contributed by atoms with E-state index in [1.165, 1.54) is 0 Å². The van der Waals surface area contributed by atoms with E-state index < -0.39 is 17.7 Å². The second-order valence-corrected chi connectivity index (χ2v) is 7.59. The van der Waals surface area contributed by atoms with Crippen LogP contribution in [0, 0.1) is 0 Å². The molecule has 5 heteroatoms. The van der Waals surface area contributed by atoms with Gasteiger partial charge in [0, 0.05) is 11.1 Å². The van der Waals surface area contributed by atoms with E-state index in [9.17, 15) is 14.4 Å². The Morgan fingerprint density at radius 1 is 0.545 bits per heavy atom. The predicted octanol–water partition coefficient (Wildman–Crippen LogP) is 5.26. The molecular weight excluding hydrogens is 416 g/mol. The van der Waals surface area contributed by atoms with Gasteiger partial charge < -0.3 is 9.47 Å². The number of carbonyl (C=O) groups excluding carboxylic acids is 3. The number of ketones is 1. The number of esters is 2. The lowest BCUT2D eigenvalue weighted by molar-refractivity contribution is 0.0725. The quantitative estimate of drug-likeness (QED) is 0.285. The summed E-state index contributed by atoms with van der Waals surface area (Å²) < 4.78 is 11.0. The van der Waals surface area contributed by atoms with Crippen molar-refractivity contribution in [3.8, 4) is 11.5 Å². The third-order valence-corrected chi connectivity index (χ3v) is 5.48. The predicted molar refractivity (Wildman–Crippen MR) is 122 cm³/mol.